The Labute approximate surface area is 56.4 Å². The van der Waals surface area contributed by atoms with Crippen LogP contribution in [-0.4, -0.2) is 17.8 Å². The van der Waals surface area contributed by atoms with E-state index in [9.17, 15) is 0 Å². The topological polar surface area (TPSA) is 46.2 Å². The molecule has 2 heteroatoms. The SMILES string of the molecule is C=C(CO)CC[C@H](C)N. The summed E-state index contributed by atoms with van der Waals surface area (Å²) in [6.07, 6.45) is 1.76. The molecule has 0 amide bonds. The van der Waals surface area contributed by atoms with E-state index in [0.29, 0.717) is 0 Å². The minimum atomic E-state index is 0.0900. The summed E-state index contributed by atoms with van der Waals surface area (Å²) in [5.41, 5.74) is 6.34. The summed E-state index contributed by atoms with van der Waals surface area (Å²) in [4.78, 5) is 0. The van der Waals surface area contributed by atoms with Gasteiger partial charge in [0.1, 0.15) is 0 Å². The van der Waals surface area contributed by atoms with Crippen LogP contribution < -0.4 is 5.73 Å². The van der Waals surface area contributed by atoms with Gasteiger partial charge >= 0.3 is 0 Å². The fourth-order valence-corrected chi connectivity index (χ4v) is 0.511. The van der Waals surface area contributed by atoms with E-state index in [1.165, 1.54) is 0 Å². The number of aliphatic hydroxyl groups excluding tert-OH is 1. The molecule has 2 nitrogen and oxygen atoms in total. The normalized spacial score (nSPS) is 13.2. The quantitative estimate of drug-likeness (QED) is 0.548. The molecule has 1 atom stereocenters. The molecule has 0 aromatic heterocycles. The summed E-state index contributed by atoms with van der Waals surface area (Å²) < 4.78 is 0. The zero-order valence-electron chi connectivity index (χ0n) is 5.93. The maximum absolute atomic E-state index is 8.51. The van der Waals surface area contributed by atoms with E-state index in [4.69, 9.17) is 10.8 Å². The van der Waals surface area contributed by atoms with Crippen molar-refractivity contribution in [3.8, 4) is 0 Å². The summed E-state index contributed by atoms with van der Waals surface area (Å²) in [7, 11) is 0. The lowest BCUT2D eigenvalue weighted by Gasteiger charge is -2.03. The average molecular weight is 129 g/mol. The van der Waals surface area contributed by atoms with Gasteiger partial charge in [-0.2, -0.15) is 0 Å². The van der Waals surface area contributed by atoms with Crippen molar-refractivity contribution >= 4 is 0 Å². The Morgan fingerprint density at radius 1 is 1.78 bits per heavy atom. The fourth-order valence-electron chi connectivity index (χ4n) is 0.511. The predicted molar refractivity (Wildman–Crippen MR) is 39.1 cm³/mol. The van der Waals surface area contributed by atoms with Gasteiger partial charge in [0.25, 0.3) is 0 Å². The minimum Gasteiger partial charge on any atom is -0.392 e. The van der Waals surface area contributed by atoms with Gasteiger partial charge in [0.2, 0.25) is 0 Å². The van der Waals surface area contributed by atoms with E-state index in [0.717, 1.165) is 18.4 Å². The van der Waals surface area contributed by atoms with Crippen molar-refractivity contribution in [2.24, 2.45) is 5.73 Å². The molecular weight excluding hydrogens is 114 g/mol. The Kier molecular flexibility index (Phi) is 4.36. The second-order valence-electron chi connectivity index (χ2n) is 2.42. The average Bonchev–Trinajstić information content (AvgIpc) is 1.83. The number of nitrogens with two attached hydrogens (primary N) is 1. The first-order valence-electron chi connectivity index (χ1n) is 3.20. The van der Waals surface area contributed by atoms with Crippen LogP contribution in [0.5, 0.6) is 0 Å². The minimum absolute atomic E-state index is 0.0900. The molecule has 0 unspecified atom stereocenters. The van der Waals surface area contributed by atoms with Crippen molar-refractivity contribution in [1.82, 2.24) is 0 Å². The molecule has 0 aliphatic heterocycles. The van der Waals surface area contributed by atoms with E-state index in [2.05, 4.69) is 6.58 Å². The van der Waals surface area contributed by atoms with Crippen LogP contribution in [0.4, 0.5) is 0 Å². The number of hydrogen-bond acceptors (Lipinski definition) is 2. The summed E-state index contributed by atoms with van der Waals surface area (Å²) in [5.74, 6) is 0. The van der Waals surface area contributed by atoms with E-state index in [1.807, 2.05) is 6.92 Å². The van der Waals surface area contributed by atoms with Crippen molar-refractivity contribution in [2.45, 2.75) is 25.8 Å². The van der Waals surface area contributed by atoms with Crippen molar-refractivity contribution in [3.63, 3.8) is 0 Å². The summed E-state index contributed by atoms with van der Waals surface area (Å²) in [6, 6.07) is 0.216. The predicted octanol–water partition coefficient (Wildman–Crippen LogP) is 0.662. The van der Waals surface area contributed by atoms with Gasteiger partial charge in [0.05, 0.1) is 6.61 Å². The fraction of sp³-hybridized carbons (Fsp3) is 0.714. The van der Waals surface area contributed by atoms with Crippen molar-refractivity contribution < 1.29 is 5.11 Å². The molecule has 0 aliphatic rings. The van der Waals surface area contributed by atoms with Crippen LogP contribution in [0.3, 0.4) is 0 Å². The van der Waals surface area contributed by atoms with Gasteiger partial charge in [-0.3, -0.25) is 0 Å². The summed E-state index contributed by atoms with van der Waals surface area (Å²) >= 11 is 0. The number of hydrogen-bond donors (Lipinski definition) is 2. The highest BCUT2D eigenvalue weighted by Gasteiger charge is 1.95. The molecule has 0 rings (SSSR count). The molecule has 0 bridgehead atoms. The second-order valence-corrected chi connectivity index (χ2v) is 2.42. The first-order valence-corrected chi connectivity index (χ1v) is 3.20. The Bertz CT molecular complexity index is 88.9. The molecule has 0 saturated heterocycles. The van der Waals surface area contributed by atoms with Gasteiger partial charge in [-0.25, -0.2) is 0 Å². The maximum atomic E-state index is 8.51. The molecule has 0 spiro atoms. The molecule has 0 aliphatic carbocycles. The van der Waals surface area contributed by atoms with E-state index >= 15 is 0 Å². The highest BCUT2D eigenvalue weighted by molar-refractivity contribution is 4.93. The maximum Gasteiger partial charge on any atom is 0.0639 e. The van der Waals surface area contributed by atoms with Gasteiger partial charge < -0.3 is 10.8 Å². The zero-order chi connectivity index (χ0) is 7.28. The van der Waals surface area contributed by atoms with Crippen molar-refractivity contribution in [1.29, 1.82) is 0 Å². The van der Waals surface area contributed by atoms with Crippen LogP contribution >= 0.6 is 0 Å². The van der Waals surface area contributed by atoms with Crippen LogP contribution in [0.2, 0.25) is 0 Å². The van der Waals surface area contributed by atoms with Gasteiger partial charge in [-0.1, -0.05) is 12.2 Å². The molecule has 3 N–H and O–H groups in total. The lowest BCUT2D eigenvalue weighted by atomic mass is 10.1. The van der Waals surface area contributed by atoms with Gasteiger partial charge in [-0.15, -0.1) is 0 Å². The van der Waals surface area contributed by atoms with Gasteiger partial charge in [0.15, 0.2) is 0 Å². The summed E-state index contributed by atoms with van der Waals surface area (Å²) in [6.45, 7) is 5.68. The van der Waals surface area contributed by atoms with Crippen molar-refractivity contribution in [3.05, 3.63) is 12.2 Å². The Hall–Kier alpha value is -0.340. The Balaban J connectivity index is 3.17. The zero-order valence-corrected chi connectivity index (χ0v) is 5.93. The molecular formula is C7H15NO. The molecule has 0 saturated carbocycles. The second kappa shape index (κ2) is 4.53. The standard InChI is InChI=1S/C7H15NO/c1-6(5-9)3-4-7(2)8/h7,9H,1,3-5,8H2,2H3/t7-/m0/s1. The first kappa shape index (κ1) is 8.66. The Morgan fingerprint density at radius 3 is 2.67 bits per heavy atom. The molecule has 0 aromatic carbocycles. The molecule has 0 heterocycles. The van der Waals surface area contributed by atoms with Crippen LogP contribution in [0.1, 0.15) is 19.8 Å². The molecule has 0 aromatic rings. The third-order valence-electron chi connectivity index (χ3n) is 1.18. The van der Waals surface area contributed by atoms with Crippen LogP contribution in [-0.2, 0) is 0 Å². The molecule has 54 valence electrons. The van der Waals surface area contributed by atoms with Gasteiger partial charge in [-0.05, 0) is 19.8 Å². The van der Waals surface area contributed by atoms with E-state index in [-0.39, 0.29) is 12.6 Å². The molecule has 9 heavy (non-hydrogen) atoms. The van der Waals surface area contributed by atoms with E-state index < -0.39 is 0 Å². The Morgan fingerprint density at radius 2 is 2.33 bits per heavy atom. The lowest BCUT2D eigenvalue weighted by molar-refractivity contribution is 0.325. The molecule has 0 radical (unpaired) electrons. The summed E-state index contributed by atoms with van der Waals surface area (Å²) in [5, 5.41) is 8.51. The first-order chi connectivity index (χ1) is 4.16. The van der Waals surface area contributed by atoms with Crippen LogP contribution in [0, 0.1) is 0 Å². The largest absolute Gasteiger partial charge is 0.392 e. The smallest absolute Gasteiger partial charge is 0.0639 e. The monoisotopic (exact) mass is 129 g/mol. The highest BCUT2D eigenvalue weighted by Crippen LogP contribution is 2.01. The molecule has 0 fully saturated rings. The highest BCUT2D eigenvalue weighted by atomic mass is 16.3. The van der Waals surface area contributed by atoms with Crippen molar-refractivity contribution in [2.75, 3.05) is 6.61 Å². The number of aliphatic hydroxyl groups is 1. The number of rotatable bonds is 4. The van der Waals surface area contributed by atoms with Crippen LogP contribution in [0.15, 0.2) is 12.2 Å². The van der Waals surface area contributed by atoms with Crippen LogP contribution in [0.25, 0.3) is 0 Å². The lowest BCUT2D eigenvalue weighted by Crippen LogP contribution is -2.14. The van der Waals surface area contributed by atoms with E-state index in [1.54, 1.807) is 0 Å². The van der Waals surface area contributed by atoms with Gasteiger partial charge in [0, 0.05) is 6.04 Å². The third-order valence-corrected chi connectivity index (χ3v) is 1.18. The third kappa shape index (κ3) is 5.53.